The molecule has 0 radical (unpaired) electrons. The highest BCUT2D eigenvalue weighted by molar-refractivity contribution is 7.91. The van der Waals surface area contributed by atoms with Crippen molar-refractivity contribution in [2.75, 3.05) is 17.3 Å². The summed E-state index contributed by atoms with van der Waals surface area (Å²) in [5, 5.41) is 2.67. The molecular weight excluding hydrogens is 350 g/mol. The van der Waals surface area contributed by atoms with E-state index in [1.807, 2.05) is 0 Å². The van der Waals surface area contributed by atoms with Gasteiger partial charge in [0, 0.05) is 12.5 Å². The SMILES string of the molecule is O=C(CCS(=O)(=O)c1ccccc1Cl)NC1CCS(=O)(=O)C1. The Balaban J connectivity index is 1.92. The van der Waals surface area contributed by atoms with Gasteiger partial charge in [-0.15, -0.1) is 0 Å². The highest BCUT2D eigenvalue weighted by Crippen LogP contribution is 2.22. The van der Waals surface area contributed by atoms with Crippen molar-refractivity contribution in [1.29, 1.82) is 0 Å². The first kappa shape index (κ1) is 17.2. The molecule has 1 fully saturated rings. The lowest BCUT2D eigenvalue weighted by Crippen LogP contribution is -2.36. The molecule has 1 aromatic rings. The van der Waals surface area contributed by atoms with E-state index in [9.17, 15) is 21.6 Å². The van der Waals surface area contributed by atoms with Gasteiger partial charge in [0.1, 0.15) is 0 Å². The van der Waals surface area contributed by atoms with E-state index in [0.717, 1.165) is 0 Å². The zero-order valence-corrected chi connectivity index (χ0v) is 14.0. The van der Waals surface area contributed by atoms with Gasteiger partial charge in [0.05, 0.1) is 27.2 Å². The Morgan fingerprint density at radius 3 is 2.59 bits per heavy atom. The minimum Gasteiger partial charge on any atom is -0.352 e. The van der Waals surface area contributed by atoms with Crippen LogP contribution < -0.4 is 5.32 Å². The van der Waals surface area contributed by atoms with Crippen LogP contribution in [0.15, 0.2) is 29.2 Å². The molecule has 1 aromatic carbocycles. The predicted molar refractivity (Wildman–Crippen MR) is 83.3 cm³/mol. The fourth-order valence-corrected chi connectivity index (χ4v) is 5.73. The van der Waals surface area contributed by atoms with Gasteiger partial charge in [0.2, 0.25) is 5.91 Å². The van der Waals surface area contributed by atoms with Gasteiger partial charge in [-0.1, -0.05) is 23.7 Å². The Morgan fingerprint density at radius 2 is 2.00 bits per heavy atom. The van der Waals surface area contributed by atoms with Crippen LogP contribution in [0.5, 0.6) is 0 Å². The molecule has 122 valence electrons. The van der Waals surface area contributed by atoms with E-state index in [1.54, 1.807) is 12.1 Å². The molecule has 9 heteroatoms. The summed E-state index contributed by atoms with van der Waals surface area (Å²) in [6.07, 6.45) is 0.134. The van der Waals surface area contributed by atoms with Crippen LogP contribution in [-0.4, -0.2) is 46.0 Å². The molecular formula is C13H16ClNO5S2. The monoisotopic (exact) mass is 365 g/mol. The summed E-state index contributed by atoms with van der Waals surface area (Å²) >= 11 is 5.85. The zero-order valence-electron chi connectivity index (χ0n) is 11.7. The summed E-state index contributed by atoms with van der Waals surface area (Å²) in [7, 11) is -6.74. The van der Waals surface area contributed by atoms with E-state index < -0.39 is 31.6 Å². The van der Waals surface area contributed by atoms with E-state index in [0.29, 0.717) is 6.42 Å². The van der Waals surface area contributed by atoms with Gasteiger partial charge in [0.15, 0.2) is 19.7 Å². The van der Waals surface area contributed by atoms with E-state index in [4.69, 9.17) is 11.6 Å². The van der Waals surface area contributed by atoms with Crippen molar-refractivity contribution in [3.63, 3.8) is 0 Å². The number of carbonyl (C=O) groups excluding carboxylic acids is 1. The zero-order chi connectivity index (χ0) is 16.4. The van der Waals surface area contributed by atoms with Crippen LogP contribution in [-0.2, 0) is 24.5 Å². The number of hydrogen-bond donors (Lipinski definition) is 1. The number of halogens is 1. The first-order chi connectivity index (χ1) is 10.2. The van der Waals surface area contributed by atoms with Gasteiger partial charge in [-0.3, -0.25) is 4.79 Å². The quantitative estimate of drug-likeness (QED) is 0.832. The summed E-state index contributed by atoms with van der Waals surface area (Å²) in [5.41, 5.74) is 0. The minimum atomic E-state index is -3.65. The molecule has 1 unspecified atom stereocenters. The van der Waals surface area contributed by atoms with Crippen molar-refractivity contribution in [3.05, 3.63) is 29.3 Å². The number of sulfone groups is 2. The molecule has 0 spiro atoms. The van der Waals surface area contributed by atoms with Crippen LogP contribution in [0.25, 0.3) is 0 Å². The summed E-state index contributed by atoms with van der Waals surface area (Å²) < 4.78 is 46.9. The van der Waals surface area contributed by atoms with Crippen molar-refractivity contribution in [2.24, 2.45) is 0 Å². The predicted octanol–water partition coefficient (Wildman–Crippen LogP) is 0.807. The normalized spacial score (nSPS) is 20.7. The molecule has 0 saturated carbocycles. The lowest BCUT2D eigenvalue weighted by atomic mass is 10.2. The Hall–Kier alpha value is -1.12. The van der Waals surface area contributed by atoms with Crippen LogP contribution in [0.2, 0.25) is 5.02 Å². The smallest absolute Gasteiger partial charge is 0.221 e. The largest absolute Gasteiger partial charge is 0.352 e. The van der Waals surface area contributed by atoms with Crippen LogP contribution in [0.4, 0.5) is 0 Å². The van der Waals surface area contributed by atoms with Gasteiger partial charge < -0.3 is 5.32 Å². The topological polar surface area (TPSA) is 97.4 Å². The Labute approximate surface area is 134 Å². The second kappa shape index (κ2) is 6.55. The van der Waals surface area contributed by atoms with Crippen molar-refractivity contribution in [1.82, 2.24) is 5.32 Å². The molecule has 1 atom stereocenters. The number of amides is 1. The molecule has 2 rings (SSSR count). The lowest BCUT2D eigenvalue weighted by molar-refractivity contribution is -0.121. The molecule has 22 heavy (non-hydrogen) atoms. The van der Waals surface area contributed by atoms with Crippen molar-refractivity contribution in [3.8, 4) is 0 Å². The van der Waals surface area contributed by atoms with Gasteiger partial charge in [0.25, 0.3) is 0 Å². The molecule has 1 saturated heterocycles. The number of carbonyl (C=O) groups is 1. The fraction of sp³-hybridized carbons (Fsp3) is 0.462. The fourth-order valence-electron chi connectivity index (χ4n) is 2.24. The average Bonchev–Trinajstić information content (AvgIpc) is 2.76. The minimum absolute atomic E-state index is 0.00656. The third kappa shape index (κ3) is 4.44. The van der Waals surface area contributed by atoms with Crippen LogP contribution in [0, 0.1) is 0 Å². The van der Waals surface area contributed by atoms with Gasteiger partial charge in [-0.05, 0) is 18.6 Å². The Bertz CT molecular complexity index is 773. The lowest BCUT2D eigenvalue weighted by Gasteiger charge is -2.11. The number of benzene rings is 1. The molecule has 6 nitrogen and oxygen atoms in total. The molecule has 1 aliphatic rings. The second-order valence-electron chi connectivity index (χ2n) is 5.17. The van der Waals surface area contributed by atoms with Crippen LogP contribution >= 0.6 is 11.6 Å². The molecule has 1 N–H and O–H groups in total. The number of hydrogen-bond acceptors (Lipinski definition) is 5. The maximum absolute atomic E-state index is 12.1. The number of rotatable bonds is 5. The maximum atomic E-state index is 12.1. The van der Waals surface area contributed by atoms with Crippen LogP contribution in [0.3, 0.4) is 0 Å². The summed E-state index contributed by atoms with van der Waals surface area (Å²) in [4.78, 5) is 11.8. The second-order valence-corrected chi connectivity index (χ2v) is 9.88. The number of nitrogens with one attached hydrogen (secondary N) is 1. The van der Waals surface area contributed by atoms with Crippen molar-refractivity contribution in [2.45, 2.75) is 23.8 Å². The highest BCUT2D eigenvalue weighted by Gasteiger charge is 2.29. The van der Waals surface area contributed by atoms with E-state index in [1.165, 1.54) is 12.1 Å². The Morgan fingerprint density at radius 1 is 1.32 bits per heavy atom. The van der Waals surface area contributed by atoms with E-state index in [-0.39, 0.29) is 33.6 Å². The third-order valence-corrected chi connectivity index (χ3v) is 7.34. The summed E-state index contributed by atoms with van der Waals surface area (Å²) in [6, 6.07) is 5.61. The Kier molecular flexibility index (Phi) is 5.14. The van der Waals surface area contributed by atoms with Gasteiger partial charge >= 0.3 is 0 Å². The van der Waals surface area contributed by atoms with E-state index >= 15 is 0 Å². The van der Waals surface area contributed by atoms with Gasteiger partial charge in [-0.2, -0.15) is 0 Å². The molecule has 0 aliphatic carbocycles. The highest BCUT2D eigenvalue weighted by atomic mass is 35.5. The average molecular weight is 366 g/mol. The van der Waals surface area contributed by atoms with Crippen LogP contribution in [0.1, 0.15) is 12.8 Å². The van der Waals surface area contributed by atoms with Crippen molar-refractivity contribution >= 4 is 37.2 Å². The third-order valence-electron chi connectivity index (χ3n) is 3.37. The van der Waals surface area contributed by atoms with E-state index in [2.05, 4.69) is 5.32 Å². The first-order valence-corrected chi connectivity index (χ1v) is 10.5. The summed E-state index contributed by atoms with van der Waals surface area (Å²) in [5.74, 6) is -0.883. The maximum Gasteiger partial charge on any atom is 0.221 e. The standard InChI is InChI=1S/C13H16ClNO5S2/c14-11-3-1-2-4-12(11)22(19,20)8-6-13(16)15-10-5-7-21(17,18)9-10/h1-4,10H,5-9H2,(H,15,16). The van der Waals surface area contributed by atoms with Gasteiger partial charge in [-0.25, -0.2) is 16.8 Å². The molecule has 1 amide bonds. The first-order valence-electron chi connectivity index (χ1n) is 6.67. The molecule has 1 aliphatic heterocycles. The molecule has 1 heterocycles. The van der Waals surface area contributed by atoms with Crippen molar-refractivity contribution < 1.29 is 21.6 Å². The summed E-state index contributed by atoms with van der Waals surface area (Å²) in [6.45, 7) is 0. The molecule has 0 aromatic heterocycles. The molecule has 0 bridgehead atoms.